The quantitative estimate of drug-likeness (QED) is 0.0501. The van der Waals surface area contributed by atoms with E-state index in [1.165, 1.54) is 0 Å². The van der Waals surface area contributed by atoms with Crippen molar-refractivity contribution in [2.45, 2.75) is 152 Å². The maximum Gasteiger partial charge on any atom is 0.269 e. The number of carbonyl (C=O) groups excluding carboxylic acids is 2. The molecule has 42 heteroatoms. The lowest BCUT2D eigenvalue weighted by Gasteiger charge is -2.41. The lowest BCUT2D eigenvalue weighted by atomic mass is 10.0. The molecule has 11 heterocycles. The number of aromatic nitrogens is 4. The molecule has 0 bridgehead atoms. The second-order valence-electron chi connectivity index (χ2n) is 35.6. The zero-order chi connectivity index (χ0) is 87.9. The number of aromatic amines is 1. The van der Waals surface area contributed by atoms with Crippen molar-refractivity contribution >= 4 is 62.0 Å². The molecule has 0 saturated carbocycles. The number of nitrogens with one attached hydrogen (secondary N) is 1. The number of H-pyrrole nitrogens is 1. The van der Waals surface area contributed by atoms with Crippen LogP contribution in [0.3, 0.4) is 0 Å². The highest BCUT2D eigenvalue weighted by Gasteiger charge is 2.43. The monoisotopic (exact) mass is 1820 g/mol. The van der Waals surface area contributed by atoms with Crippen LogP contribution in [-0.2, 0) is 83.4 Å². The highest BCUT2D eigenvalue weighted by Crippen LogP contribution is 2.54. The molecular formula is C78H151N17O19P5S+. The number of amides is 2. The van der Waals surface area contributed by atoms with Crippen LogP contribution in [-0.4, -0.2) is 474 Å². The van der Waals surface area contributed by atoms with Crippen molar-refractivity contribution in [1.82, 2.24) is 78.3 Å². The van der Waals surface area contributed by atoms with Crippen LogP contribution in [0.1, 0.15) is 83.5 Å². The van der Waals surface area contributed by atoms with Gasteiger partial charge in [-0.2, -0.15) is 17.8 Å². The first-order valence-corrected chi connectivity index (χ1v) is 53.7. The molecule has 692 valence electrons. The van der Waals surface area contributed by atoms with Crippen molar-refractivity contribution in [2.24, 2.45) is 0 Å². The molecule has 0 radical (unpaired) electrons. The minimum atomic E-state index is -2.96. The molecule has 0 aliphatic carbocycles. The van der Waals surface area contributed by atoms with Gasteiger partial charge in [-0.3, -0.25) is 32.4 Å². The average molecular weight is 1820 g/mol. The van der Waals surface area contributed by atoms with Crippen LogP contribution >= 0.6 is 50.2 Å². The van der Waals surface area contributed by atoms with Crippen LogP contribution in [0.2, 0.25) is 0 Å². The SMILES string of the molecule is CC1CN(C)CC(COP(C)(=O)N2CCC([N+](C)(C)C)CC2)O1.CC1CN(C)CC(COP(C)(=O)N2CCN(C(=O)CS)CC2)O1.CC1CN(C)CC(COP(C)(=O)N2CCN(C(=O)c3ccc(-c4nn[nH]n4)cc3)CC2)O1.COC[C@@H]1CCCN1P(C)(=O)OCC1CN(C)CC(C)O1.COC[C@H]1CCCN1P(C)(=O)OCC1CN(C)CC(C)O1. The molecule has 10 saturated heterocycles. The van der Waals surface area contributed by atoms with E-state index in [4.69, 9.17) is 55.8 Å². The van der Waals surface area contributed by atoms with E-state index in [9.17, 15) is 32.4 Å². The Labute approximate surface area is 722 Å². The number of methoxy groups -OCH3 is 2. The highest BCUT2D eigenvalue weighted by molar-refractivity contribution is 7.81. The molecule has 10 aliphatic heterocycles. The van der Waals surface area contributed by atoms with E-state index in [0.717, 1.165) is 140 Å². The van der Waals surface area contributed by atoms with Gasteiger partial charge < -0.3 is 94.6 Å². The van der Waals surface area contributed by atoms with Crippen molar-refractivity contribution < 1.29 is 92.7 Å². The number of nitrogens with zero attached hydrogens (tertiary/aromatic N) is 16. The molecule has 0 spiro atoms. The molecule has 2 amide bonds. The lowest BCUT2D eigenvalue weighted by molar-refractivity contribution is -0.897. The summed E-state index contributed by atoms with van der Waals surface area (Å²) in [6.07, 6.45) is 7.05. The number of piperazine rings is 2. The summed E-state index contributed by atoms with van der Waals surface area (Å²) in [5.74, 6) is 0.665. The van der Waals surface area contributed by atoms with E-state index in [1.54, 1.807) is 81.6 Å². The zero-order valence-electron chi connectivity index (χ0n) is 75.9. The Morgan fingerprint density at radius 1 is 0.442 bits per heavy atom. The molecule has 36 nitrogen and oxygen atoms in total. The van der Waals surface area contributed by atoms with Gasteiger partial charge in [0.2, 0.25) is 11.7 Å². The fourth-order valence-electron chi connectivity index (χ4n) is 17.5. The minimum Gasteiger partial charge on any atom is -0.383 e. The van der Waals surface area contributed by atoms with Crippen molar-refractivity contribution in [2.75, 3.05) is 300 Å². The van der Waals surface area contributed by atoms with Gasteiger partial charge in [0.15, 0.2) is 0 Å². The first-order chi connectivity index (χ1) is 56.5. The topological polar surface area (TPSA) is 324 Å². The molecule has 1 aromatic heterocycles. The number of quaternary nitrogens is 1. The molecule has 17 atom stereocenters. The van der Waals surface area contributed by atoms with Crippen molar-refractivity contribution in [1.29, 1.82) is 0 Å². The normalized spacial score (nSPS) is 30.8. The van der Waals surface area contributed by atoms with Crippen molar-refractivity contribution in [3.05, 3.63) is 29.8 Å². The smallest absolute Gasteiger partial charge is 0.269 e. The average Bonchev–Trinajstić information content (AvgIpc) is 1.54. The first-order valence-electron chi connectivity index (χ1n) is 43.0. The summed E-state index contributed by atoms with van der Waals surface area (Å²) in [7, 11) is 6.32. The van der Waals surface area contributed by atoms with E-state index in [1.807, 2.05) is 39.6 Å². The largest absolute Gasteiger partial charge is 0.383 e. The Balaban J connectivity index is 0.000000189. The summed E-state index contributed by atoms with van der Waals surface area (Å²) >= 11 is 4.01. The van der Waals surface area contributed by atoms with Gasteiger partial charge in [0.05, 0.1) is 140 Å². The number of morpholine rings is 5. The summed E-state index contributed by atoms with van der Waals surface area (Å²) in [6.45, 7) is 38.1. The second-order valence-corrected chi connectivity index (χ2v) is 48.0. The first kappa shape index (κ1) is 103. The fraction of sp³-hybridized carbons (Fsp3) is 0.885. The number of carbonyl (C=O) groups is 2. The molecule has 12 rings (SSSR count). The predicted octanol–water partition coefficient (Wildman–Crippen LogP) is 6.83. The van der Waals surface area contributed by atoms with Crippen LogP contribution in [0.15, 0.2) is 24.3 Å². The fourth-order valence-corrected chi connectivity index (χ4v) is 26.1. The van der Waals surface area contributed by atoms with Crippen molar-refractivity contribution in [3.8, 4) is 11.4 Å². The van der Waals surface area contributed by atoms with Crippen LogP contribution < -0.4 is 0 Å². The number of benzene rings is 1. The predicted molar refractivity (Wildman–Crippen MR) is 472 cm³/mol. The van der Waals surface area contributed by atoms with Gasteiger partial charge in [-0.1, -0.05) is 12.1 Å². The van der Waals surface area contributed by atoms with Gasteiger partial charge in [-0.25, -0.2) is 23.4 Å². The van der Waals surface area contributed by atoms with E-state index in [-0.39, 0.29) is 90.7 Å². The minimum absolute atomic E-state index is 0.00416. The third kappa shape index (κ3) is 33.1. The standard InChI is InChI=1S/C20H30N7O4P.C16H35N3O3P.C14H28N3O4PS.2C14H29N2O4P/c1-15-12-25(2)13-18(31-15)14-30-32(3,29)27-10-8-26(9-11-27)20(28)17-6-4-16(5-7-17)19-21-23-24-22-19;1-14-11-17(2)12-16(22-14)13-21-23(6,20)18-9-7-15(8-10-18)19(3,4)5;1-12-8-15(2)9-13(21-12)10-20-22(3,19)17-6-4-16(5-7-17)14(18)11-23;2*1-12-8-15(2)9-14(20-12)11-19-21(4,17)16-7-5-6-13(16)10-18-3/h4-7,15,18H,8-14H2,1-3H3,(H,21,22,23,24);14-16H,7-13H2,1-6H3;12-13,23H,4-11H2,1-3H3;2*12-14H,5-11H2,1-4H3/q;+1;;;/t;;;2*12?,13-,14?,21?/m...10/s1. The Hall–Kier alpha value is -2.19. The number of rotatable bonds is 28. The molecule has 1 aromatic carbocycles. The number of tetrazole rings is 1. The Kier molecular flexibility index (Phi) is 41.7. The number of likely N-dealkylation sites (N-methyl/N-ethyl adjacent to an activating group) is 5. The summed E-state index contributed by atoms with van der Waals surface area (Å²) in [5.41, 5.74) is 1.38. The Bertz CT molecular complexity index is 3510. The van der Waals surface area contributed by atoms with Crippen LogP contribution in [0.5, 0.6) is 0 Å². The van der Waals surface area contributed by atoms with Gasteiger partial charge in [0.1, 0.15) is 0 Å². The summed E-state index contributed by atoms with van der Waals surface area (Å²) in [5, 5.41) is 13.8. The maximum absolute atomic E-state index is 13.2. The number of ether oxygens (including phenoxy) is 7. The van der Waals surface area contributed by atoms with E-state index in [2.05, 4.69) is 133 Å². The summed E-state index contributed by atoms with van der Waals surface area (Å²) in [4.78, 5) is 39.1. The molecule has 120 heavy (non-hydrogen) atoms. The molecular weight excluding hydrogens is 1670 g/mol. The number of hydrogen-bond donors (Lipinski definition) is 2. The van der Waals surface area contributed by atoms with E-state index < -0.39 is 37.6 Å². The van der Waals surface area contributed by atoms with Gasteiger partial charge in [0, 0.05) is 228 Å². The van der Waals surface area contributed by atoms with Gasteiger partial charge in [-0.15, -0.1) is 10.2 Å². The third-order valence-corrected chi connectivity index (χ3v) is 34.1. The third-order valence-electron chi connectivity index (χ3n) is 23.5. The molecule has 2 aromatic rings. The van der Waals surface area contributed by atoms with Gasteiger partial charge in [0.25, 0.3) is 43.5 Å². The van der Waals surface area contributed by atoms with E-state index >= 15 is 0 Å². The number of thiol groups is 1. The maximum atomic E-state index is 13.2. The van der Waals surface area contributed by atoms with Crippen LogP contribution in [0.25, 0.3) is 11.4 Å². The molecule has 10 fully saturated rings. The lowest BCUT2D eigenvalue weighted by Crippen LogP contribution is -2.50. The summed E-state index contributed by atoms with van der Waals surface area (Å²) in [6, 6.07) is 8.18. The Morgan fingerprint density at radius 3 is 1.05 bits per heavy atom. The molecule has 10 aliphatic rings. The zero-order valence-corrected chi connectivity index (χ0v) is 81.2. The van der Waals surface area contributed by atoms with Gasteiger partial charge in [-0.05, 0) is 113 Å². The highest BCUT2D eigenvalue weighted by atomic mass is 32.1. The number of hydrogen-bond acceptors (Lipinski definition) is 28. The van der Waals surface area contributed by atoms with Crippen molar-refractivity contribution in [3.63, 3.8) is 0 Å². The Morgan fingerprint density at radius 2 is 0.758 bits per heavy atom. The molecule has 15 unspecified atom stereocenters. The van der Waals surface area contributed by atoms with Crippen LogP contribution in [0, 0.1) is 0 Å². The van der Waals surface area contributed by atoms with Crippen LogP contribution in [0.4, 0.5) is 0 Å². The summed E-state index contributed by atoms with van der Waals surface area (Å²) < 4.78 is 144. The second kappa shape index (κ2) is 48.5. The number of piperidine rings is 1. The van der Waals surface area contributed by atoms with Gasteiger partial charge >= 0.3 is 0 Å². The van der Waals surface area contributed by atoms with E-state index in [0.29, 0.717) is 116 Å². The molecule has 1 N–H and O–H groups in total.